The van der Waals surface area contributed by atoms with Gasteiger partial charge in [-0.1, -0.05) is 54.1 Å². The summed E-state index contributed by atoms with van der Waals surface area (Å²) in [6.07, 6.45) is 2.18. The lowest BCUT2D eigenvalue weighted by Crippen LogP contribution is -2.33. The first-order valence-corrected chi connectivity index (χ1v) is 7.92. The number of para-hydroxylation sites is 1. The lowest BCUT2D eigenvalue weighted by Gasteiger charge is -2.24. The molecule has 2 aromatic carbocycles. The van der Waals surface area contributed by atoms with Gasteiger partial charge >= 0.3 is 0 Å². The zero-order valence-electron chi connectivity index (χ0n) is 12.5. The number of benzene rings is 2. The second kappa shape index (κ2) is 6.88. The number of nitrogens with zero attached hydrogens (tertiary/aromatic N) is 1. The van der Waals surface area contributed by atoms with Crippen LogP contribution in [-0.4, -0.2) is 17.8 Å². The van der Waals surface area contributed by atoms with Gasteiger partial charge in [0.1, 0.15) is 17.5 Å². The zero-order chi connectivity index (χ0) is 16.2. The maximum atomic E-state index is 12.3. The maximum absolute atomic E-state index is 12.3. The number of carbonyl (C=O) groups excluding carboxylic acids is 2. The summed E-state index contributed by atoms with van der Waals surface area (Å²) in [4.78, 5) is 28.9. The van der Waals surface area contributed by atoms with Crippen LogP contribution in [0.3, 0.4) is 0 Å². The van der Waals surface area contributed by atoms with Crippen molar-refractivity contribution in [2.24, 2.45) is 10.9 Å². The van der Waals surface area contributed by atoms with E-state index in [2.05, 4.69) is 4.99 Å². The Labute approximate surface area is 140 Å². The van der Waals surface area contributed by atoms with Gasteiger partial charge in [-0.2, -0.15) is 0 Å². The Morgan fingerprint density at radius 3 is 2.17 bits per heavy atom. The molecule has 4 heteroatoms. The molecule has 1 fully saturated rings. The highest BCUT2D eigenvalue weighted by molar-refractivity contribution is 6.33. The number of hydrogen-bond acceptors (Lipinski definition) is 3. The van der Waals surface area contributed by atoms with Crippen LogP contribution in [0.1, 0.15) is 24.3 Å². The normalized spacial score (nSPS) is 21.8. The van der Waals surface area contributed by atoms with Crippen LogP contribution < -0.4 is 0 Å². The number of rotatable bonds is 3. The first-order valence-electron chi connectivity index (χ1n) is 7.54. The minimum atomic E-state index is -0.758. The fraction of sp³-hybridized carbons (Fsp3) is 0.211. The summed E-state index contributed by atoms with van der Waals surface area (Å²) >= 11 is 6.03. The third-order valence-corrected chi connectivity index (χ3v) is 4.39. The van der Waals surface area contributed by atoms with E-state index in [1.54, 1.807) is 12.1 Å². The third-order valence-electron chi connectivity index (χ3n) is 4.08. The second-order valence-electron chi connectivity index (χ2n) is 5.66. The summed E-state index contributed by atoms with van der Waals surface area (Å²) in [7, 11) is 0. The molecule has 0 unspecified atom stereocenters. The van der Waals surface area contributed by atoms with Gasteiger partial charge in [0.15, 0.2) is 0 Å². The Morgan fingerprint density at radius 1 is 0.913 bits per heavy atom. The van der Waals surface area contributed by atoms with Crippen LogP contribution in [0.4, 0.5) is 5.69 Å². The molecule has 0 saturated heterocycles. The molecular weight excluding hydrogens is 310 g/mol. The quantitative estimate of drug-likeness (QED) is 0.621. The Balaban J connectivity index is 1.75. The molecule has 0 heterocycles. The Bertz CT molecular complexity index is 737. The molecule has 0 aromatic heterocycles. The van der Waals surface area contributed by atoms with Crippen LogP contribution >= 0.6 is 11.6 Å². The predicted octanol–water partition coefficient (Wildman–Crippen LogP) is 4.37. The van der Waals surface area contributed by atoms with E-state index in [1.165, 1.54) is 6.21 Å². The van der Waals surface area contributed by atoms with Crippen LogP contribution in [0.5, 0.6) is 0 Å². The molecule has 0 spiro atoms. The average molecular weight is 326 g/mol. The number of halogens is 1. The van der Waals surface area contributed by atoms with E-state index in [0.29, 0.717) is 23.6 Å². The summed E-state index contributed by atoms with van der Waals surface area (Å²) < 4.78 is 0. The minimum Gasteiger partial charge on any atom is -0.298 e. The fourth-order valence-corrected chi connectivity index (χ4v) is 3.01. The number of aliphatic imine (C=N–C) groups is 1. The molecule has 1 saturated carbocycles. The summed E-state index contributed by atoms with van der Waals surface area (Å²) in [6.45, 7) is 0. The largest absolute Gasteiger partial charge is 0.298 e. The van der Waals surface area contributed by atoms with Gasteiger partial charge in [-0.05, 0) is 23.6 Å². The van der Waals surface area contributed by atoms with Gasteiger partial charge in [0.25, 0.3) is 0 Å². The Hall–Kier alpha value is -2.26. The standard InChI is InChI=1S/C19H16ClNO2/c20-16-8-4-5-9-17(16)21-12-15-18(22)10-14(11-19(15)23)13-6-2-1-3-7-13/h1-9,12,14-15H,10-11H2. The monoisotopic (exact) mass is 325 g/mol. The molecule has 0 N–H and O–H groups in total. The molecule has 0 radical (unpaired) electrons. The van der Waals surface area contributed by atoms with E-state index in [4.69, 9.17) is 11.6 Å². The summed E-state index contributed by atoms with van der Waals surface area (Å²) in [5.41, 5.74) is 1.61. The molecule has 0 amide bonds. The van der Waals surface area contributed by atoms with Crippen molar-refractivity contribution >= 4 is 35.1 Å². The number of carbonyl (C=O) groups is 2. The topological polar surface area (TPSA) is 46.5 Å². The number of hydrogen-bond donors (Lipinski definition) is 0. The van der Waals surface area contributed by atoms with Crippen LogP contribution in [0.15, 0.2) is 59.6 Å². The third kappa shape index (κ3) is 3.57. The fourth-order valence-electron chi connectivity index (χ4n) is 2.83. The highest BCUT2D eigenvalue weighted by Crippen LogP contribution is 2.32. The molecule has 3 nitrogen and oxygen atoms in total. The first kappa shape index (κ1) is 15.6. The number of ketones is 2. The van der Waals surface area contributed by atoms with Crippen molar-refractivity contribution in [1.82, 2.24) is 0 Å². The molecule has 2 aromatic rings. The van der Waals surface area contributed by atoms with Crippen LogP contribution in [-0.2, 0) is 9.59 Å². The molecule has 23 heavy (non-hydrogen) atoms. The Kier molecular flexibility index (Phi) is 4.68. The van der Waals surface area contributed by atoms with Crippen LogP contribution in [0.25, 0.3) is 0 Å². The lowest BCUT2D eigenvalue weighted by atomic mass is 9.77. The second-order valence-corrected chi connectivity index (χ2v) is 6.06. The summed E-state index contributed by atoms with van der Waals surface area (Å²) in [5.74, 6) is -0.941. The van der Waals surface area contributed by atoms with E-state index < -0.39 is 5.92 Å². The zero-order valence-corrected chi connectivity index (χ0v) is 13.2. The van der Waals surface area contributed by atoms with Crippen molar-refractivity contribution in [3.8, 4) is 0 Å². The van der Waals surface area contributed by atoms with E-state index in [1.807, 2.05) is 42.5 Å². The van der Waals surface area contributed by atoms with Crippen molar-refractivity contribution in [2.45, 2.75) is 18.8 Å². The summed E-state index contributed by atoms with van der Waals surface area (Å²) in [5, 5.41) is 0.501. The highest BCUT2D eigenvalue weighted by atomic mass is 35.5. The van der Waals surface area contributed by atoms with Crippen LogP contribution in [0, 0.1) is 5.92 Å². The molecule has 0 bridgehead atoms. The van der Waals surface area contributed by atoms with E-state index in [9.17, 15) is 9.59 Å². The van der Waals surface area contributed by atoms with Gasteiger partial charge in [-0.25, -0.2) is 0 Å². The molecule has 116 valence electrons. The molecule has 1 aliphatic rings. The molecule has 3 rings (SSSR count). The maximum Gasteiger partial charge on any atom is 0.149 e. The van der Waals surface area contributed by atoms with Crippen molar-refractivity contribution in [3.05, 3.63) is 65.2 Å². The smallest absolute Gasteiger partial charge is 0.149 e. The van der Waals surface area contributed by atoms with Gasteiger partial charge in [-0.15, -0.1) is 0 Å². The van der Waals surface area contributed by atoms with Crippen LogP contribution in [0.2, 0.25) is 5.02 Å². The average Bonchev–Trinajstić information content (AvgIpc) is 2.56. The SMILES string of the molecule is O=C1CC(c2ccccc2)CC(=O)C1C=Nc1ccccc1Cl. The van der Waals surface area contributed by atoms with Crippen molar-refractivity contribution in [2.75, 3.05) is 0 Å². The van der Waals surface area contributed by atoms with Gasteiger partial charge in [0, 0.05) is 19.1 Å². The Morgan fingerprint density at radius 2 is 1.52 bits per heavy atom. The number of Topliss-reactive ketones (excluding diaryl/α,β-unsaturated/α-hetero) is 2. The minimum absolute atomic E-state index is 0.0267. The van der Waals surface area contributed by atoms with Crippen molar-refractivity contribution in [3.63, 3.8) is 0 Å². The molecule has 0 aliphatic heterocycles. The highest BCUT2D eigenvalue weighted by Gasteiger charge is 2.34. The van der Waals surface area contributed by atoms with E-state index >= 15 is 0 Å². The first-order chi connectivity index (χ1) is 11.1. The molecule has 0 atom stereocenters. The van der Waals surface area contributed by atoms with Gasteiger partial charge in [0.2, 0.25) is 0 Å². The van der Waals surface area contributed by atoms with Crippen molar-refractivity contribution < 1.29 is 9.59 Å². The predicted molar refractivity (Wildman–Crippen MR) is 91.5 cm³/mol. The summed E-state index contributed by atoms with van der Waals surface area (Å²) in [6, 6.07) is 16.8. The molecular formula is C19H16ClNO2. The van der Waals surface area contributed by atoms with Gasteiger partial charge < -0.3 is 0 Å². The lowest BCUT2D eigenvalue weighted by molar-refractivity contribution is -0.133. The van der Waals surface area contributed by atoms with Crippen molar-refractivity contribution in [1.29, 1.82) is 0 Å². The van der Waals surface area contributed by atoms with Gasteiger partial charge in [0.05, 0.1) is 10.7 Å². The molecule has 1 aliphatic carbocycles. The van der Waals surface area contributed by atoms with Gasteiger partial charge in [-0.3, -0.25) is 14.6 Å². The van der Waals surface area contributed by atoms with E-state index in [0.717, 1.165) is 5.56 Å². The van der Waals surface area contributed by atoms with E-state index in [-0.39, 0.29) is 17.5 Å².